The number of H-pyrrole nitrogens is 1. The number of carbonyl (C=O) groups excluding carboxylic acids is 2. The fourth-order valence-corrected chi connectivity index (χ4v) is 4.54. The second-order valence-corrected chi connectivity index (χ2v) is 8.65. The molecule has 3 heterocycles. The Morgan fingerprint density at radius 1 is 1.42 bits per heavy atom. The molecular formula is C24H29N5O2. The number of hydrogen-bond acceptors (Lipinski definition) is 4. The van der Waals surface area contributed by atoms with Gasteiger partial charge in [0, 0.05) is 61.8 Å². The molecule has 0 radical (unpaired) electrons. The molecule has 2 aromatic heterocycles. The van der Waals surface area contributed by atoms with E-state index in [4.69, 9.17) is 0 Å². The van der Waals surface area contributed by atoms with Gasteiger partial charge >= 0.3 is 0 Å². The lowest BCUT2D eigenvalue weighted by molar-refractivity contribution is -0.128. The molecule has 1 atom stereocenters. The second-order valence-electron chi connectivity index (χ2n) is 8.65. The molecule has 7 heteroatoms. The number of allylic oxidation sites excluding steroid dienone is 1. The fraction of sp³-hybridized carbons (Fsp3) is 0.417. The Hall–Kier alpha value is -3.22. The summed E-state index contributed by atoms with van der Waals surface area (Å²) in [6.45, 7) is 8.01. The van der Waals surface area contributed by atoms with Gasteiger partial charge in [0.05, 0.1) is 0 Å². The van der Waals surface area contributed by atoms with Crippen LogP contribution < -0.4 is 5.32 Å². The number of rotatable bonds is 6. The lowest BCUT2D eigenvalue weighted by Crippen LogP contribution is -2.41. The van der Waals surface area contributed by atoms with Crippen LogP contribution in [0.2, 0.25) is 0 Å². The van der Waals surface area contributed by atoms with Crippen molar-refractivity contribution in [2.45, 2.75) is 26.2 Å². The number of aliphatic imine (C=N–C) groups is 1. The number of hydrogen-bond donors (Lipinski definition) is 2. The number of nitrogens with zero attached hydrogens (tertiary/aromatic N) is 3. The van der Waals surface area contributed by atoms with Gasteiger partial charge in [0.15, 0.2) is 0 Å². The molecular weight excluding hydrogens is 390 g/mol. The smallest absolute Gasteiger partial charge is 0.267 e. The van der Waals surface area contributed by atoms with E-state index in [1.807, 2.05) is 30.0 Å². The standard InChI is InChI=1S/C24H29N5O2/c1-16(4-8-25-3)17(2)23(31)29-10-6-24(7-11-29)13-19(24)15-27-22(30)21-12-18-14-26-9-5-20(18)28-21/h4-5,8-9,12,14,19,28H,2,6-7,10-11,13,15H2,1,3H3,(H,27,30)/b16-4-,25-8?. The normalized spacial score (nSPS) is 20.4. The molecule has 162 valence electrons. The molecule has 0 aromatic carbocycles. The van der Waals surface area contributed by atoms with Crippen molar-refractivity contribution >= 4 is 28.9 Å². The Morgan fingerprint density at radius 3 is 2.90 bits per heavy atom. The van der Waals surface area contributed by atoms with Crippen molar-refractivity contribution in [1.82, 2.24) is 20.2 Å². The van der Waals surface area contributed by atoms with E-state index in [2.05, 4.69) is 26.9 Å². The Balaban J connectivity index is 1.26. The van der Waals surface area contributed by atoms with Gasteiger partial charge in [0.1, 0.15) is 5.69 Å². The summed E-state index contributed by atoms with van der Waals surface area (Å²) in [5.41, 5.74) is 3.11. The van der Waals surface area contributed by atoms with Crippen LogP contribution >= 0.6 is 0 Å². The molecule has 2 aromatic rings. The largest absolute Gasteiger partial charge is 0.350 e. The first-order valence-electron chi connectivity index (χ1n) is 10.7. The molecule has 2 amide bonds. The van der Waals surface area contributed by atoms with Crippen molar-refractivity contribution in [3.05, 3.63) is 54.0 Å². The summed E-state index contributed by atoms with van der Waals surface area (Å²) >= 11 is 0. The first-order valence-corrected chi connectivity index (χ1v) is 10.7. The monoisotopic (exact) mass is 419 g/mol. The Labute approximate surface area is 182 Å². The predicted octanol–water partition coefficient (Wildman–Crippen LogP) is 3.12. The van der Waals surface area contributed by atoms with E-state index >= 15 is 0 Å². The lowest BCUT2D eigenvalue weighted by Gasteiger charge is -2.33. The molecule has 1 saturated heterocycles. The highest BCUT2D eigenvalue weighted by atomic mass is 16.2. The van der Waals surface area contributed by atoms with E-state index in [1.54, 1.807) is 25.7 Å². The van der Waals surface area contributed by atoms with Crippen molar-refractivity contribution < 1.29 is 9.59 Å². The Kier molecular flexibility index (Phi) is 5.76. The maximum Gasteiger partial charge on any atom is 0.267 e. The van der Waals surface area contributed by atoms with Crippen LogP contribution in [0.5, 0.6) is 0 Å². The van der Waals surface area contributed by atoms with Gasteiger partial charge in [-0.2, -0.15) is 0 Å². The average Bonchev–Trinajstić information content (AvgIpc) is 3.26. The molecule has 2 fully saturated rings. The zero-order valence-electron chi connectivity index (χ0n) is 18.1. The molecule has 4 rings (SSSR count). The average molecular weight is 420 g/mol. The number of amides is 2. The van der Waals surface area contributed by atoms with E-state index in [-0.39, 0.29) is 17.2 Å². The molecule has 0 bridgehead atoms. The van der Waals surface area contributed by atoms with Crippen LogP contribution in [0, 0.1) is 11.3 Å². The van der Waals surface area contributed by atoms with Gasteiger partial charge in [-0.3, -0.25) is 19.6 Å². The van der Waals surface area contributed by atoms with Gasteiger partial charge in [0.25, 0.3) is 11.8 Å². The summed E-state index contributed by atoms with van der Waals surface area (Å²) < 4.78 is 0. The van der Waals surface area contributed by atoms with Gasteiger partial charge in [-0.25, -0.2) is 0 Å². The van der Waals surface area contributed by atoms with Crippen LogP contribution in [0.25, 0.3) is 10.9 Å². The summed E-state index contributed by atoms with van der Waals surface area (Å²) in [6, 6.07) is 3.69. The van der Waals surface area contributed by atoms with Crippen molar-refractivity contribution in [1.29, 1.82) is 0 Å². The quantitative estimate of drug-likeness (QED) is 0.428. The molecule has 7 nitrogen and oxygen atoms in total. The van der Waals surface area contributed by atoms with Crippen LogP contribution in [-0.2, 0) is 4.79 Å². The minimum absolute atomic E-state index is 0.00640. The SMILES string of the molecule is C=C(C(=O)N1CCC2(CC1)CC2CNC(=O)c1cc2cnccc2[nH]1)/C(C)=C\C=NC. The number of fused-ring (bicyclic) bond motifs is 1. The number of aromatic amines is 1. The minimum atomic E-state index is -0.0833. The highest BCUT2D eigenvalue weighted by Crippen LogP contribution is 2.59. The molecule has 2 aliphatic rings. The van der Waals surface area contributed by atoms with Crippen LogP contribution in [-0.4, -0.2) is 59.6 Å². The number of carbonyl (C=O) groups is 2. The predicted molar refractivity (Wildman–Crippen MR) is 122 cm³/mol. The first-order chi connectivity index (χ1) is 14.9. The summed E-state index contributed by atoms with van der Waals surface area (Å²) in [4.78, 5) is 38.3. The van der Waals surface area contributed by atoms with Gasteiger partial charge in [0.2, 0.25) is 0 Å². The fourth-order valence-electron chi connectivity index (χ4n) is 4.54. The number of piperidine rings is 1. The summed E-state index contributed by atoms with van der Waals surface area (Å²) in [5, 5.41) is 4.01. The molecule has 1 saturated carbocycles. The third kappa shape index (κ3) is 4.31. The topological polar surface area (TPSA) is 90.5 Å². The number of pyridine rings is 1. The molecule has 1 spiro atoms. The number of aromatic nitrogens is 2. The first kappa shape index (κ1) is 21.0. The lowest BCUT2D eigenvalue weighted by atomic mass is 9.90. The van der Waals surface area contributed by atoms with Crippen molar-refractivity contribution in [2.75, 3.05) is 26.7 Å². The van der Waals surface area contributed by atoms with Crippen LogP contribution in [0.15, 0.2) is 53.3 Å². The number of nitrogens with one attached hydrogen (secondary N) is 2. The molecule has 31 heavy (non-hydrogen) atoms. The molecule has 1 unspecified atom stereocenters. The maximum absolute atomic E-state index is 12.7. The van der Waals surface area contributed by atoms with E-state index in [0.29, 0.717) is 23.7 Å². The van der Waals surface area contributed by atoms with Gasteiger partial charge in [-0.05, 0) is 61.3 Å². The Bertz CT molecular complexity index is 1040. The summed E-state index contributed by atoms with van der Waals surface area (Å²) in [7, 11) is 1.70. The van der Waals surface area contributed by atoms with E-state index in [0.717, 1.165) is 48.8 Å². The molecule has 1 aliphatic heterocycles. The van der Waals surface area contributed by atoms with Crippen LogP contribution in [0.3, 0.4) is 0 Å². The highest BCUT2D eigenvalue weighted by Gasteiger charge is 2.54. The summed E-state index contributed by atoms with van der Waals surface area (Å²) in [6.07, 6.45) is 10.0. The van der Waals surface area contributed by atoms with E-state index < -0.39 is 0 Å². The van der Waals surface area contributed by atoms with Gasteiger partial charge < -0.3 is 15.2 Å². The van der Waals surface area contributed by atoms with Crippen molar-refractivity contribution in [3.63, 3.8) is 0 Å². The third-order valence-electron chi connectivity index (χ3n) is 6.79. The highest BCUT2D eigenvalue weighted by molar-refractivity contribution is 5.98. The van der Waals surface area contributed by atoms with E-state index in [1.165, 1.54) is 0 Å². The minimum Gasteiger partial charge on any atom is -0.350 e. The van der Waals surface area contributed by atoms with Crippen LogP contribution in [0.1, 0.15) is 36.7 Å². The zero-order chi connectivity index (χ0) is 22.0. The van der Waals surface area contributed by atoms with Crippen molar-refractivity contribution in [2.24, 2.45) is 16.3 Å². The third-order valence-corrected chi connectivity index (χ3v) is 6.79. The van der Waals surface area contributed by atoms with Gasteiger partial charge in [-0.15, -0.1) is 0 Å². The number of likely N-dealkylation sites (tertiary alicyclic amines) is 1. The zero-order valence-corrected chi connectivity index (χ0v) is 18.1. The second kappa shape index (κ2) is 8.49. The van der Waals surface area contributed by atoms with Gasteiger partial charge in [-0.1, -0.05) is 6.58 Å². The van der Waals surface area contributed by atoms with Crippen molar-refractivity contribution in [3.8, 4) is 0 Å². The molecule has 1 aliphatic carbocycles. The summed E-state index contributed by atoms with van der Waals surface area (Å²) in [5.74, 6) is 0.400. The molecule has 2 N–H and O–H groups in total. The van der Waals surface area contributed by atoms with E-state index in [9.17, 15) is 9.59 Å². The Morgan fingerprint density at radius 2 is 2.19 bits per heavy atom. The maximum atomic E-state index is 12.7. The van der Waals surface area contributed by atoms with Crippen LogP contribution in [0.4, 0.5) is 0 Å².